The van der Waals surface area contributed by atoms with Crippen molar-refractivity contribution in [3.63, 3.8) is 0 Å². The van der Waals surface area contributed by atoms with Crippen LogP contribution < -0.4 is 15.6 Å². The van der Waals surface area contributed by atoms with Crippen LogP contribution >= 0.6 is 11.3 Å². The summed E-state index contributed by atoms with van der Waals surface area (Å²) in [5, 5.41) is 3.24. The van der Waals surface area contributed by atoms with Crippen LogP contribution in [0.25, 0.3) is 10.2 Å². The van der Waals surface area contributed by atoms with Crippen LogP contribution in [-0.2, 0) is 17.8 Å². The molecule has 0 aliphatic rings. The summed E-state index contributed by atoms with van der Waals surface area (Å²) in [6.07, 6.45) is 5.31. The smallest absolute Gasteiger partial charge is 0.262 e. The number of aryl methyl sites for hydroxylation is 1. The first-order valence-corrected chi connectivity index (χ1v) is 8.19. The van der Waals surface area contributed by atoms with Gasteiger partial charge < -0.3 is 10.1 Å². The quantitative estimate of drug-likeness (QED) is 0.766. The van der Waals surface area contributed by atoms with Crippen molar-refractivity contribution in [2.24, 2.45) is 0 Å². The topological polar surface area (TPSA) is 86.1 Å². The maximum absolute atomic E-state index is 12.5. The Morgan fingerprint density at radius 2 is 2.29 bits per heavy atom. The van der Waals surface area contributed by atoms with E-state index >= 15 is 0 Å². The highest BCUT2D eigenvalue weighted by Gasteiger charge is 2.12. The van der Waals surface area contributed by atoms with Gasteiger partial charge in [0.05, 0.1) is 25.0 Å². The largest absolute Gasteiger partial charge is 0.494 e. The zero-order valence-corrected chi connectivity index (χ0v) is 14.1. The van der Waals surface area contributed by atoms with Gasteiger partial charge in [-0.05, 0) is 12.5 Å². The number of thiophene rings is 1. The van der Waals surface area contributed by atoms with Gasteiger partial charge in [0.2, 0.25) is 5.91 Å². The maximum atomic E-state index is 12.5. The van der Waals surface area contributed by atoms with Gasteiger partial charge in [-0.1, -0.05) is 6.92 Å². The molecule has 24 heavy (non-hydrogen) atoms. The van der Waals surface area contributed by atoms with Crippen molar-refractivity contribution in [1.82, 2.24) is 14.5 Å². The molecule has 0 atom stereocenters. The predicted octanol–water partition coefficient (Wildman–Crippen LogP) is 2.06. The Kier molecular flexibility index (Phi) is 4.57. The molecule has 3 rings (SSSR count). The maximum Gasteiger partial charge on any atom is 0.262 e. The van der Waals surface area contributed by atoms with E-state index in [-0.39, 0.29) is 18.0 Å². The molecule has 8 heteroatoms. The summed E-state index contributed by atoms with van der Waals surface area (Å²) in [6, 6.07) is 3.49. The number of hydrogen-bond donors (Lipinski definition) is 1. The number of methoxy groups -OCH3 is 1. The van der Waals surface area contributed by atoms with Crippen LogP contribution in [0.5, 0.6) is 5.75 Å². The molecule has 0 spiro atoms. The van der Waals surface area contributed by atoms with Crippen molar-refractivity contribution < 1.29 is 9.53 Å². The number of carbonyl (C=O) groups is 1. The summed E-state index contributed by atoms with van der Waals surface area (Å²) in [4.78, 5) is 34.7. The third-order valence-corrected chi connectivity index (χ3v) is 4.69. The van der Waals surface area contributed by atoms with Crippen molar-refractivity contribution in [3.05, 3.63) is 46.1 Å². The van der Waals surface area contributed by atoms with Crippen LogP contribution in [0.2, 0.25) is 0 Å². The van der Waals surface area contributed by atoms with Crippen LogP contribution in [0.1, 0.15) is 11.8 Å². The average Bonchev–Trinajstić information content (AvgIpc) is 3.02. The van der Waals surface area contributed by atoms with Crippen molar-refractivity contribution in [1.29, 1.82) is 0 Å². The number of carbonyl (C=O) groups excluding carboxylic acids is 1. The number of nitrogens with zero attached hydrogens (tertiary/aromatic N) is 3. The van der Waals surface area contributed by atoms with Gasteiger partial charge >= 0.3 is 0 Å². The molecule has 3 heterocycles. The van der Waals surface area contributed by atoms with Crippen molar-refractivity contribution in [3.8, 4) is 5.75 Å². The van der Waals surface area contributed by atoms with Crippen LogP contribution in [0.15, 0.2) is 35.6 Å². The van der Waals surface area contributed by atoms with Crippen molar-refractivity contribution in [2.75, 3.05) is 12.4 Å². The lowest BCUT2D eigenvalue weighted by Gasteiger charge is -2.10. The summed E-state index contributed by atoms with van der Waals surface area (Å²) in [5.41, 5.74) is 0.236. The van der Waals surface area contributed by atoms with Gasteiger partial charge in [0.1, 0.15) is 22.8 Å². The Morgan fingerprint density at radius 3 is 3.04 bits per heavy atom. The van der Waals surface area contributed by atoms with Gasteiger partial charge in [-0.3, -0.25) is 19.1 Å². The molecule has 0 aliphatic heterocycles. The molecule has 0 bridgehead atoms. The monoisotopic (exact) mass is 344 g/mol. The fourth-order valence-corrected chi connectivity index (χ4v) is 3.22. The van der Waals surface area contributed by atoms with E-state index in [1.54, 1.807) is 12.3 Å². The Labute approximate surface area is 141 Å². The molecule has 0 unspecified atom stereocenters. The number of anilines is 1. The molecule has 0 aromatic carbocycles. The second-order valence-electron chi connectivity index (χ2n) is 5.09. The molecule has 3 aromatic rings. The second-order valence-corrected chi connectivity index (χ2v) is 6.20. The van der Waals surface area contributed by atoms with Crippen molar-refractivity contribution >= 4 is 33.1 Å². The fraction of sp³-hybridized carbons (Fsp3) is 0.250. The van der Waals surface area contributed by atoms with E-state index in [1.807, 2.05) is 13.0 Å². The molecular weight excluding hydrogens is 328 g/mol. The molecule has 1 N–H and O–H groups in total. The normalized spacial score (nSPS) is 10.8. The highest BCUT2D eigenvalue weighted by molar-refractivity contribution is 7.18. The Hall–Kier alpha value is -2.74. The number of fused-ring (bicyclic) bond motifs is 1. The molecule has 0 saturated carbocycles. The lowest BCUT2D eigenvalue weighted by atomic mass is 10.3. The zero-order chi connectivity index (χ0) is 17.1. The molecule has 0 fully saturated rings. The number of ether oxygens (including phenoxy) is 1. The van der Waals surface area contributed by atoms with Gasteiger partial charge in [-0.15, -0.1) is 11.3 Å². The van der Waals surface area contributed by atoms with Gasteiger partial charge in [0, 0.05) is 17.1 Å². The van der Waals surface area contributed by atoms with Gasteiger partial charge in [0.15, 0.2) is 0 Å². The van der Waals surface area contributed by atoms with E-state index in [2.05, 4.69) is 15.3 Å². The molecule has 7 nitrogen and oxygen atoms in total. The first-order chi connectivity index (χ1) is 11.6. The molecule has 0 aliphatic carbocycles. The first-order valence-electron chi connectivity index (χ1n) is 7.38. The minimum atomic E-state index is -0.351. The van der Waals surface area contributed by atoms with Crippen LogP contribution in [0.3, 0.4) is 0 Å². The summed E-state index contributed by atoms with van der Waals surface area (Å²) >= 11 is 1.50. The lowest BCUT2D eigenvalue weighted by Crippen LogP contribution is -2.27. The number of nitrogens with one attached hydrogen (secondary N) is 1. The van der Waals surface area contributed by atoms with Gasteiger partial charge in [-0.2, -0.15) is 0 Å². The second kappa shape index (κ2) is 6.79. The van der Waals surface area contributed by atoms with Crippen molar-refractivity contribution in [2.45, 2.75) is 19.9 Å². The highest BCUT2D eigenvalue weighted by Crippen LogP contribution is 2.22. The summed E-state index contributed by atoms with van der Waals surface area (Å²) in [7, 11) is 1.51. The Bertz CT molecular complexity index is 948. The Balaban J connectivity index is 1.83. The SMILES string of the molecule is CCc1cc2c(=O)n(CC(=O)Nc3cnccc3OC)cnc2s1. The zero-order valence-electron chi connectivity index (χ0n) is 13.3. The lowest BCUT2D eigenvalue weighted by molar-refractivity contribution is -0.116. The number of aromatic nitrogens is 3. The predicted molar refractivity (Wildman–Crippen MR) is 92.7 cm³/mol. The summed E-state index contributed by atoms with van der Waals surface area (Å²) in [5.74, 6) is 0.153. The molecular formula is C16H16N4O3S. The van der Waals surface area contributed by atoms with Crippen LogP contribution in [0, 0.1) is 0 Å². The number of amides is 1. The van der Waals surface area contributed by atoms with E-state index in [9.17, 15) is 9.59 Å². The van der Waals surface area contributed by atoms with Gasteiger partial charge in [0.25, 0.3) is 5.56 Å². The molecule has 1 amide bonds. The first kappa shape index (κ1) is 16.1. The molecule has 3 aromatic heterocycles. The molecule has 124 valence electrons. The number of hydrogen-bond acceptors (Lipinski definition) is 6. The van der Waals surface area contributed by atoms with E-state index in [4.69, 9.17) is 4.74 Å². The van der Waals surface area contributed by atoms with E-state index in [0.717, 1.165) is 11.3 Å². The molecule has 0 saturated heterocycles. The summed E-state index contributed by atoms with van der Waals surface area (Å²) < 4.78 is 6.46. The fourth-order valence-electron chi connectivity index (χ4n) is 2.29. The summed E-state index contributed by atoms with van der Waals surface area (Å²) in [6.45, 7) is 1.90. The third kappa shape index (κ3) is 3.13. The standard InChI is InChI=1S/C16H16N4O3S/c1-3-10-6-11-15(24-10)18-9-20(16(11)22)8-14(21)19-12-7-17-5-4-13(12)23-2/h4-7,9H,3,8H2,1-2H3,(H,19,21). The molecule has 0 radical (unpaired) electrons. The van der Waals surface area contributed by atoms with Crippen LogP contribution in [0.4, 0.5) is 5.69 Å². The third-order valence-electron chi connectivity index (χ3n) is 3.51. The van der Waals surface area contributed by atoms with E-state index < -0.39 is 0 Å². The highest BCUT2D eigenvalue weighted by atomic mass is 32.1. The number of pyridine rings is 1. The number of rotatable bonds is 5. The van der Waals surface area contributed by atoms with E-state index in [1.165, 1.54) is 35.5 Å². The minimum absolute atomic E-state index is 0.128. The van der Waals surface area contributed by atoms with E-state index in [0.29, 0.717) is 21.7 Å². The van der Waals surface area contributed by atoms with Crippen LogP contribution in [-0.4, -0.2) is 27.6 Å². The minimum Gasteiger partial charge on any atom is -0.494 e. The van der Waals surface area contributed by atoms with Gasteiger partial charge in [-0.25, -0.2) is 4.98 Å². The Morgan fingerprint density at radius 1 is 1.46 bits per heavy atom. The average molecular weight is 344 g/mol.